The Bertz CT molecular complexity index is 415. The van der Waals surface area contributed by atoms with E-state index < -0.39 is 5.97 Å². The summed E-state index contributed by atoms with van der Waals surface area (Å²) in [4.78, 5) is 11.3. The summed E-state index contributed by atoms with van der Waals surface area (Å²) in [5.74, 6) is -0.256. The highest BCUT2D eigenvalue weighted by Crippen LogP contribution is 2.35. The van der Waals surface area contributed by atoms with Gasteiger partial charge in [0.15, 0.2) is 0 Å². The van der Waals surface area contributed by atoms with Gasteiger partial charge in [-0.2, -0.15) is 0 Å². The number of ether oxygens (including phenoxy) is 2. The number of rotatable bonds is 4. The predicted molar refractivity (Wildman–Crippen MR) is 62.8 cm³/mol. The number of phenols is 1. The van der Waals surface area contributed by atoms with Crippen LogP contribution in [0.25, 0.3) is 0 Å². The maximum atomic E-state index is 11.3. The Hall–Kier alpha value is -1.49. The minimum atomic E-state index is -0.536. The minimum Gasteiger partial charge on any atom is -0.507 e. The van der Waals surface area contributed by atoms with Gasteiger partial charge in [-0.3, -0.25) is 0 Å². The maximum Gasteiger partial charge on any atom is 0.338 e. The van der Waals surface area contributed by atoms with Crippen LogP contribution in [-0.2, 0) is 4.74 Å². The van der Waals surface area contributed by atoms with Gasteiger partial charge in [0, 0.05) is 0 Å². The molecule has 86 valence electrons. The van der Waals surface area contributed by atoms with Crippen molar-refractivity contribution in [1.29, 1.82) is 0 Å². The molecule has 0 aromatic heterocycles. The lowest BCUT2D eigenvalue weighted by atomic mass is 10.2. The molecule has 0 saturated heterocycles. The second-order valence-electron chi connectivity index (χ2n) is 2.90. The quantitative estimate of drug-likeness (QED) is 0.683. The summed E-state index contributed by atoms with van der Waals surface area (Å²) >= 11 is 3.15. The van der Waals surface area contributed by atoms with Crippen LogP contribution in [0.3, 0.4) is 0 Å². The summed E-state index contributed by atoms with van der Waals surface area (Å²) in [7, 11) is 1.27. The fourth-order valence-electron chi connectivity index (χ4n) is 1.07. The van der Waals surface area contributed by atoms with Gasteiger partial charge in [-0.05, 0) is 28.1 Å². The molecular formula is C11H11BrO4. The van der Waals surface area contributed by atoms with E-state index in [1.54, 1.807) is 6.08 Å². The van der Waals surface area contributed by atoms with Gasteiger partial charge in [-0.1, -0.05) is 12.7 Å². The number of carbonyl (C=O) groups excluding carboxylic acids is 1. The zero-order valence-corrected chi connectivity index (χ0v) is 10.3. The molecule has 0 aliphatic carbocycles. The molecule has 0 spiro atoms. The Morgan fingerprint density at radius 3 is 2.88 bits per heavy atom. The molecule has 0 bridgehead atoms. The van der Waals surface area contributed by atoms with Gasteiger partial charge in [0.1, 0.15) is 22.6 Å². The molecule has 16 heavy (non-hydrogen) atoms. The first kappa shape index (κ1) is 12.6. The van der Waals surface area contributed by atoms with Crippen LogP contribution in [-0.4, -0.2) is 24.8 Å². The summed E-state index contributed by atoms with van der Waals surface area (Å²) in [5.41, 5.74) is 0.224. The Labute approximate surface area is 102 Å². The SMILES string of the molecule is C=CCOc1cc(C(=O)OC)cc(O)c1Br. The molecular weight excluding hydrogens is 276 g/mol. The average molecular weight is 287 g/mol. The molecule has 1 rings (SSSR count). The first-order valence-electron chi connectivity index (χ1n) is 4.44. The summed E-state index contributed by atoms with van der Waals surface area (Å²) in [5, 5.41) is 9.56. The molecule has 0 aliphatic heterocycles. The maximum absolute atomic E-state index is 11.3. The normalized spacial score (nSPS) is 9.62. The third-order valence-electron chi connectivity index (χ3n) is 1.80. The van der Waals surface area contributed by atoms with E-state index in [0.29, 0.717) is 10.2 Å². The lowest BCUT2D eigenvalue weighted by Gasteiger charge is -2.09. The molecule has 0 unspecified atom stereocenters. The Morgan fingerprint density at radius 2 is 2.31 bits per heavy atom. The summed E-state index contributed by atoms with van der Waals surface area (Å²) in [6, 6.07) is 2.79. The fraction of sp³-hybridized carbons (Fsp3) is 0.182. The Balaban J connectivity index is 3.11. The number of hydrogen-bond donors (Lipinski definition) is 1. The minimum absolute atomic E-state index is 0.0815. The molecule has 0 heterocycles. The first-order valence-corrected chi connectivity index (χ1v) is 5.24. The van der Waals surface area contributed by atoms with Crippen molar-refractivity contribution in [3.8, 4) is 11.5 Å². The number of benzene rings is 1. The summed E-state index contributed by atoms with van der Waals surface area (Å²) < 4.78 is 10.2. The third-order valence-corrected chi connectivity index (χ3v) is 2.59. The van der Waals surface area contributed by atoms with Crippen molar-refractivity contribution in [2.24, 2.45) is 0 Å². The third kappa shape index (κ3) is 2.76. The van der Waals surface area contributed by atoms with Crippen molar-refractivity contribution in [1.82, 2.24) is 0 Å². The van der Waals surface area contributed by atoms with Crippen LogP contribution < -0.4 is 4.74 Å². The zero-order chi connectivity index (χ0) is 12.1. The van der Waals surface area contributed by atoms with Gasteiger partial charge in [-0.25, -0.2) is 4.79 Å². The van der Waals surface area contributed by atoms with E-state index in [1.807, 2.05) is 0 Å². The highest BCUT2D eigenvalue weighted by Gasteiger charge is 2.13. The van der Waals surface area contributed by atoms with Crippen molar-refractivity contribution in [3.63, 3.8) is 0 Å². The van der Waals surface area contributed by atoms with Crippen LogP contribution in [0.15, 0.2) is 29.3 Å². The zero-order valence-electron chi connectivity index (χ0n) is 8.70. The Kier molecular flexibility index (Phi) is 4.37. The molecule has 1 N–H and O–H groups in total. The van der Waals surface area contributed by atoms with Crippen LogP contribution in [0.2, 0.25) is 0 Å². The lowest BCUT2D eigenvalue weighted by Crippen LogP contribution is -2.02. The van der Waals surface area contributed by atoms with Gasteiger partial charge in [0.05, 0.1) is 12.7 Å². The van der Waals surface area contributed by atoms with E-state index in [0.717, 1.165) is 0 Å². The summed E-state index contributed by atoms with van der Waals surface area (Å²) in [6.45, 7) is 3.79. The lowest BCUT2D eigenvalue weighted by molar-refractivity contribution is 0.0599. The van der Waals surface area contributed by atoms with Gasteiger partial charge in [0.2, 0.25) is 0 Å². The van der Waals surface area contributed by atoms with Crippen molar-refractivity contribution >= 4 is 21.9 Å². The van der Waals surface area contributed by atoms with Crippen LogP contribution >= 0.6 is 15.9 Å². The first-order chi connectivity index (χ1) is 7.60. The number of phenolic OH excluding ortho intramolecular Hbond substituents is 1. The smallest absolute Gasteiger partial charge is 0.338 e. The molecule has 0 aliphatic rings. The number of halogens is 1. The van der Waals surface area contributed by atoms with Crippen LogP contribution in [0.1, 0.15) is 10.4 Å². The van der Waals surface area contributed by atoms with Crippen LogP contribution in [0.5, 0.6) is 11.5 Å². The summed E-state index contributed by atoms with van der Waals surface area (Å²) in [6.07, 6.45) is 1.56. The topological polar surface area (TPSA) is 55.8 Å². The second kappa shape index (κ2) is 5.55. The average Bonchev–Trinajstić information content (AvgIpc) is 2.29. The molecule has 4 nitrogen and oxygen atoms in total. The van der Waals surface area contributed by atoms with Gasteiger partial charge in [-0.15, -0.1) is 0 Å². The molecule has 0 amide bonds. The largest absolute Gasteiger partial charge is 0.507 e. The molecule has 1 aromatic carbocycles. The Morgan fingerprint density at radius 1 is 1.62 bits per heavy atom. The molecule has 0 radical (unpaired) electrons. The van der Waals surface area contributed by atoms with Crippen molar-refractivity contribution < 1.29 is 19.4 Å². The molecule has 0 atom stereocenters. The highest BCUT2D eigenvalue weighted by atomic mass is 79.9. The van der Waals surface area contributed by atoms with Crippen LogP contribution in [0, 0.1) is 0 Å². The molecule has 5 heteroatoms. The van der Waals surface area contributed by atoms with Crippen molar-refractivity contribution in [2.75, 3.05) is 13.7 Å². The molecule has 0 fully saturated rings. The number of carbonyl (C=O) groups is 1. The fourth-order valence-corrected chi connectivity index (χ4v) is 1.42. The van der Waals surface area contributed by atoms with Crippen LogP contribution in [0.4, 0.5) is 0 Å². The number of methoxy groups -OCH3 is 1. The highest BCUT2D eigenvalue weighted by molar-refractivity contribution is 9.10. The van der Waals surface area contributed by atoms with E-state index in [9.17, 15) is 9.90 Å². The van der Waals surface area contributed by atoms with E-state index in [4.69, 9.17) is 4.74 Å². The molecule has 0 saturated carbocycles. The van der Waals surface area contributed by atoms with Gasteiger partial charge in [0.25, 0.3) is 0 Å². The van der Waals surface area contributed by atoms with E-state index in [2.05, 4.69) is 27.2 Å². The predicted octanol–water partition coefficient (Wildman–Crippen LogP) is 2.51. The van der Waals surface area contributed by atoms with Crippen molar-refractivity contribution in [3.05, 3.63) is 34.8 Å². The van der Waals surface area contributed by atoms with Crippen molar-refractivity contribution in [2.45, 2.75) is 0 Å². The van der Waals surface area contributed by atoms with Gasteiger partial charge >= 0.3 is 5.97 Å². The number of aromatic hydroxyl groups is 1. The number of hydrogen-bond acceptors (Lipinski definition) is 4. The van der Waals surface area contributed by atoms with E-state index >= 15 is 0 Å². The molecule has 1 aromatic rings. The van der Waals surface area contributed by atoms with E-state index in [1.165, 1.54) is 19.2 Å². The second-order valence-corrected chi connectivity index (χ2v) is 3.69. The van der Waals surface area contributed by atoms with Gasteiger partial charge < -0.3 is 14.6 Å². The monoisotopic (exact) mass is 286 g/mol. The van der Waals surface area contributed by atoms with E-state index in [-0.39, 0.29) is 17.9 Å². The standard InChI is InChI=1S/C11H11BrO4/c1-3-4-16-9-6-7(11(14)15-2)5-8(13)10(9)12/h3,5-6,13H,1,4H2,2H3. The number of esters is 1.